The summed E-state index contributed by atoms with van der Waals surface area (Å²) in [6.45, 7) is 5.79. The van der Waals surface area contributed by atoms with Crippen molar-refractivity contribution in [2.75, 3.05) is 23.7 Å². The molecular formula is C28H33N3O3S. The van der Waals surface area contributed by atoms with Gasteiger partial charge in [0.25, 0.3) is 5.91 Å². The van der Waals surface area contributed by atoms with Crippen molar-refractivity contribution in [1.29, 1.82) is 0 Å². The van der Waals surface area contributed by atoms with Gasteiger partial charge < -0.3 is 5.32 Å². The van der Waals surface area contributed by atoms with Crippen LogP contribution in [-0.2, 0) is 29.7 Å². The second-order valence-corrected chi connectivity index (χ2v) is 11.1. The lowest BCUT2D eigenvalue weighted by Crippen LogP contribution is -2.29. The largest absolute Gasteiger partial charge is 0.348 e. The molecule has 3 aromatic carbocycles. The molecule has 4 rings (SSSR count). The van der Waals surface area contributed by atoms with E-state index in [2.05, 4.69) is 22.3 Å². The molecule has 7 heteroatoms. The number of benzene rings is 3. The molecule has 1 fully saturated rings. The van der Waals surface area contributed by atoms with E-state index in [1.54, 1.807) is 18.2 Å². The van der Waals surface area contributed by atoms with E-state index < -0.39 is 10.0 Å². The van der Waals surface area contributed by atoms with E-state index in [0.29, 0.717) is 17.8 Å². The number of aryl methyl sites for hydroxylation is 1. The summed E-state index contributed by atoms with van der Waals surface area (Å²) in [5.41, 5.74) is 5.36. The van der Waals surface area contributed by atoms with Gasteiger partial charge in [0.15, 0.2) is 0 Å². The number of nitrogens with zero attached hydrogens (tertiary/aromatic N) is 2. The molecule has 35 heavy (non-hydrogen) atoms. The van der Waals surface area contributed by atoms with Crippen LogP contribution >= 0.6 is 0 Å². The molecule has 1 aliphatic heterocycles. The molecule has 6 nitrogen and oxygen atoms in total. The van der Waals surface area contributed by atoms with Crippen LogP contribution in [0.5, 0.6) is 0 Å². The van der Waals surface area contributed by atoms with E-state index in [4.69, 9.17) is 0 Å². The molecule has 0 bridgehead atoms. The molecule has 1 N–H and O–H groups in total. The molecular weight excluding hydrogens is 458 g/mol. The van der Waals surface area contributed by atoms with Gasteiger partial charge in [-0.3, -0.25) is 14.0 Å². The van der Waals surface area contributed by atoms with Crippen LogP contribution in [-0.4, -0.2) is 38.6 Å². The van der Waals surface area contributed by atoms with Gasteiger partial charge in [-0.2, -0.15) is 0 Å². The Morgan fingerprint density at radius 3 is 2.29 bits per heavy atom. The maximum absolute atomic E-state index is 12.8. The van der Waals surface area contributed by atoms with E-state index in [-0.39, 0.29) is 12.5 Å². The fraction of sp³-hybridized carbons (Fsp3) is 0.321. The highest BCUT2D eigenvalue weighted by Gasteiger charge is 2.18. The van der Waals surface area contributed by atoms with Gasteiger partial charge in [0.2, 0.25) is 10.0 Å². The first kappa shape index (κ1) is 24.9. The SMILES string of the molecule is Cc1cccc(N(Cc2ccc(C(=O)NCc3ccccc3CN3CCCC3)cc2)S(C)(=O)=O)c1. The van der Waals surface area contributed by atoms with Gasteiger partial charge in [-0.1, -0.05) is 48.5 Å². The second kappa shape index (κ2) is 11.1. The molecule has 0 spiro atoms. The third-order valence-electron chi connectivity index (χ3n) is 6.38. The van der Waals surface area contributed by atoms with Crippen LogP contribution in [0.15, 0.2) is 72.8 Å². The summed E-state index contributed by atoms with van der Waals surface area (Å²) in [6.07, 6.45) is 3.71. The Kier molecular flexibility index (Phi) is 7.88. The van der Waals surface area contributed by atoms with E-state index >= 15 is 0 Å². The lowest BCUT2D eigenvalue weighted by Gasteiger charge is -2.23. The van der Waals surface area contributed by atoms with Crippen LogP contribution < -0.4 is 9.62 Å². The van der Waals surface area contributed by atoms with Gasteiger partial charge >= 0.3 is 0 Å². The Morgan fingerprint density at radius 2 is 1.63 bits per heavy atom. The van der Waals surface area contributed by atoms with Crippen molar-refractivity contribution in [3.63, 3.8) is 0 Å². The molecule has 0 radical (unpaired) electrons. The van der Waals surface area contributed by atoms with Crippen LogP contribution in [0.2, 0.25) is 0 Å². The monoisotopic (exact) mass is 491 g/mol. The highest BCUT2D eigenvalue weighted by atomic mass is 32.2. The molecule has 1 saturated heterocycles. The number of sulfonamides is 1. The zero-order valence-electron chi connectivity index (χ0n) is 20.4. The van der Waals surface area contributed by atoms with Crippen molar-refractivity contribution >= 4 is 21.6 Å². The number of likely N-dealkylation sites (tertiary alicyclic amines) is 1. The van der Waals surface area contributed by atoms with Crippen molar-refractivity contribution in [3.8, 4) is 0 Å². The third kappa shape index (κ3) is 6.71. The van der Waals surface area contributed by atoms with Crippen LogP contribution in [0, 0.1) is 6.92 Å². The smallest absolute Gasteiger partial charge is 0.251 e. The maximum Gasteiger partial charge on any atom is 0.251 e. The number of amides is 1. The van der Waals surface area contributed by atoms with Gasteiger partial charge in [-0.05, 0) is 79.4 Å². The molecule has 0 unspecified atom stereocenters. The van der Waals surface area contributed by atoms with Gasteiger partial charge in [-0.15, -0.1) is 0 Å². The fourth-order valence-electron chi connectivity index (χ4n) is 4.45. The summed E-state index contributed by atoms with van der Waals surface area (Å²) in [4.78, 5) is 15.3. The third-order valence-corrected chi connectivity index (χ3v) is 7.52. The molecule has 0 aliphatic carbocycles. The first-order valence-corrected chi connectivity index (χ1v) is 13.8. The Bertz CT molecular complexity index is 1270. The van der Waals surface area contributed by atoms with Gasteiger partial charge in [-0.25, -0.2) is 8.42 Å². The number of rotatable bonds is 9. The summed E-state index contributed by atoms with van der Waals surface area (Å²) < 4.78 is 26.3. The number of carbonyl (C=O) groups is 1. The van der Waals surface area contributed by atoms with Crippen molar-refractivity contribution in [2.45, 2.75) is 39.4 Å². The summed E-state index contributed by atoms with van der Waals surface area (Å²) in [5.74, 6) is -0.147. The van der Waals surface area contributed by atoms with E-state index in [1.807, 2.05) is 49.4 Å². The minimum Gasteiger partial charge on any atom is -0.348 e. The Morgan fingerprint density at radius 1 is 0.943 bits per heavy atom. The molecule has 0 aromatic heterocycles. The van der Waals surface area contributed by atoms with Crippen molar-refractivity contribution in [2.24, 2.45) is 0 Å². The molecule has 0 atom stereocenters. The normalized spacial score (nSPS) is 14.1. The van der Waals surface area contributed by atoms with Gasteiger partial charge in [0.1, 0.15) is 0 Å². The number of hydrogen-bond acceptors (Lipinski definition) is 4. The topological polar surface area (TPSA) is 69.7 Å². The van der Waals surface area contributed by atoms with Gasteiger partial charge in [0, 0.05) is 18.7 Å². The lowest BCUT2D eigenvalue weighted by molar-refractivity contribution is 0.0950. The summed E-state index contributed by atoms with van der Waals surface area (Å²) in [6, 6.07) is 22.8. The highest BCUT2D eigenvalue weighted by molar-refractivity contribution is 7.92. The summed E-state index contributed by atoms with van der Waals surface area (Å²) >= 11 is 0. The van der Waals surface area contributed by atoms with E-state index in [0.717, 1.165) is 36.3 Å². The van der Waals surface area contributed by atoms with E-state index in [9.17, 15) is 13.2 Å². The Hall–Kier alpha value is -3.16. The van der Waals surface area contributed by atoms with Crippen molar-refractivity contribution in [1.82, 2.24) is 10.2 Å². The molecule has 184 valence electrons. The first-order chi connectivity index (χ1) is 16.8. The molecule has 1 heterocycles. The molecule has 3 aromatic rings. The average molecular weight is 492 g/mol. The van der Waals surface area contributed by atoms with Crippen molar-refractivity contribution in [3.05, 3.63) is 101 Å². The highest BCUT2D eigenvalue weighted by Crippen LogP contribution is 2.22. The fourth-order valence-corrected chi connectivity index (χ4v) is 5.33. The minimum absolute atomic E-state index is 0.147. The number of carbonyl (C=O) groups excluding carboxylic acids is 1. The van der Waals surface area contributed by atoms with Crippen molar-refractivity contribution < 1.29 is 13.2 Å². The zero-order chi connectivity index (χ0) is 24.8. The lowest BCUT2D eigenvalue weighted by atomic mass is 10.1. The average Bonchev–Trinajstić information content (AvgIpc) is 3.34. The summed E-state index contributed by atoms with van der Waals surface area (Å²) in [5, 5.41) is 3.03. The molecule has 1 amide bonds. The van der Waals surface area contributed by atoms with Crippen LogP contribution in [0.1, 0.15) is 45.5 Å². The first-order valence-electron chi connectivity index (χ1n) is 12.0. The molecule has 1 aliphatic rings. The predicted molar refractivity (Wildman–Crippen MR) is 141 cm³/mol. The van der Waals surface area contributed by atoms with E-state index in [1.165, 1.54) is 29.0 Å². The number of nitrogens with one attached hydrogen (secondary N) is 1. The maximum atomic E-state index is 12.8. The van der Waals surface area contributed by atoms with Crippen LogP contribution in [0.3, 0.4) is 0 Å². The van der Waals surface area contributed by atoms with Gasteiger partial charge in [0.05, 0.1) is 18.5 Å². The predicted octanol–water partition coefficient (Wildman–Crippen LogP) is 4.49. The molecule has 0 saturated carbocycles. The quantitative estimate of drug-likeness (QED) is 0.479. The number of anilines is 1. The zero-order valence-corrected chi connectivity index (χ0v) is 21.2. The van der Waals surface area contributed by atoms with Crippen LogP contribution in [0.25, 0.3) is 0 Å². The Labute approximate surface area is 208 Å². The number of hydrogen-bond donors (Lipinski definition) is 1. The Balaban J connectivity index is 1.40. The summed E-state index contributed by atoms with van der Waals surface area (Å²) in [7, 11) is -3.46. The minimum atomic E-state index is -3.46. The second-order valence-electron chi connectivity index (χ2n) is 9.24. The standard InChI is InChI=1S/C28H33N3O3S/c1-22-8-7-11-27(18-22)31(35(2,33)34)20-23-12-14-24(15-13-23)28(32)29-19-25-9-3-4-10-26(25)21-30-16-5-6-17-30/h3-4,7-15,18H,5-6,16-17,19-21H2,1-2H3,(H,29,32). The van der Waals surface area contributed by atoms with Crippen LogP contribution in [0.4, 0.5) is 5.69 Å².